The molecule has 1 aromatic carbocycles. The summed E-state index contributed by atoms with van der Waals surface area (Å²) in [6.07, 6.45) is 4.91. The number of benzene rings is 1. The minimum Gasteiger partial charge on any atom is -0.383 e. The van der Waals surface area contributed by atoms with Crippen LogP contribution in [-0.2, 0) is 6.42 Å². The van der Waals surface area contributed by atoms with Crippen LogP contribution in [-0.4, -0.2) is 19.6 Å². The molecule has 0 aromatic heterocycles. The standard InChI is InChI=1S/C15H24N2/c1-3-11-17(12-4-2)14-9-5-7-13-8-6-10-16-15(13)14/h5,7,9,16H,3-4,6,8,10-12H2,1-2H3. The second-order valence-electron chi connectivity index (χ2n) is 4.83. The Kier molecular flexibility index (Phi) is 4.29. The highest BCUT2D eigenvalue weighted by atomic mass is 15.1. The average molecular weight is 232 g/mol. The number of nitrogens with zero attached hydrogens (tertiary/aromatic N) is 1. The molecule has 0 bridgehead atoms. The van der Waals surface area contributed by atoms with Crippen LogP contribution in [0.4, 0.5) is 11.4 Å². The molecule has 1 heterocycles. The summed E-state index contributed by atoms with van der Waals surface area (Å²) in [6, 6.07) is 6.74. The van der Waals surface area contributed by atoms with Crippen LogP contribution in [0.3, 0.4) is 0 Å². The highest BCUT2D eigenvalue weighted by Crippen LogP contribution is 2.33. The van der Waals surface area contributed by atoms with Gasteiger partial charge in [-0.05, 0) is 37.3 Å². The van der Waals surface area contributed by atoms with Crippen LogP contribution in [0, 0.1) is 0 Å². The highest BCUT2D eigenvalue weighted by Gasteiger charge is 2.15. The van der Waals surface area contributed by atoms with E-state index in [1.165, 1.54) is 42.6 Å². The minimum atomic E-state index is 1.12. The summed E-state index contributed by atoms with van der Waals surface area (Å²) in [4.78, 5) is 2.52. The molecule has 2 heteroatoms. The first-order valence-corrected chi connectivity index (χ1v) is 6.97. The molecule has 0 unspecified atom stereocenters. The fraction of sp³-hybridized carbons (Fsp3) is 0.600. The lowest BCUT2D eigenvalue weighted by molar-refractivity contribution is 0.740. The van der Waals surface area contributed by atoms with E-state index in [1.807, 2.05) is 0 Å². The van der Waals surface area contributed by atoms with Gasteiger partial charge in [0.05, 0.1) is 11.4 Å². The van der Waals surface area contributed by atoms with Crippen molar-refractivity contribution < 1.29 is 0 Å². The molecule has 0 aliphatic carbocycles. The van der Waals surface area contributed by atoms with Gasteiger partial charge in [-0.15, -0.1) is 0 Å². The van der Waals surface area contributed by atoms with Gasteiger partial charge in [-0.2, -0.15) is 0 Å². The molecule has 0 fully saturated rings. The van der Waals surface area contributed by atoms with Gasteiger partial charge in [0.25, 0.3) is 0 Å². The molecule has 0 radical (unpaired) electrons. The van der Waals surface area contributed by atoms with Gasteiger partial charge in [-0.3, -0.25) is 0 Å². The maximum Gasteiger partial charge on any atom is 0.0610 e. The van der Waals surface area contributed by atoms with Crippen molar-refractivity contribution in [3.63, 3.8) is 0 Å². The number of hydrogen-bond donors (Lipinski definition) is 1. The van der Waals surface area contributed by atoms with Gasteiger partial charge in [-0.25, -0.2) is 0 Å². The molecule has 2 nitrogen and oxygen atoms in total. The molecule has 1 aliphatic heterocycles. The lowest BCUT2D eigenvalue weighted by atomic mass is 10.0. The van der Waals surface area contributed by atoms with Gasteiger partial charge in [0.2, 0.25) is 0 Å². The Balaban J connectivity index is 2.28. The molecule has 17 heavy (non-hydrogen) atoms. The summed E-state index contributed by atoms with van der Waals surface area (Å²) < 4.78 is 0. The smallest absolute Gasteiger partial charge is 0.0610 e. The number of hydrogen-bond acceptors (Lipinski definition) is 2. The Morgan fingerprint density at radius 1 is 1.18 bits per heavy atom. The lowest BCUT2D eigenvalue weighted by Crippen LogP contribution is -2.27. The van der Waals surface area contributed by atoms with Crippen molar-refractivity contribution in [3.05, 3.63) is 23.8 Å². The molecule has 94 valence electrons. The Hall–Kier alpha value is -1.18. The van der Waals surface area contributed by atoms with Gasteiger partial charge in [0, 0.05) is 19.6 Å². The number of fused-ring (bicyclic) bond motifs is 1. The molecule has 0 atom stereocenters. The van der Waals surface area contributed by atoms with E-state index in [0.29, 0.717) is 0 Å². The molecule has 0 saturated carbocycles. The van der Waals surface area contributed by atoms with Gasteiger partial charge < -0.3 is 10.2 Å². The van der Waals surface area contributed by atoms with E-state index >= 15 is 0 Å². The fourth-order valence-corrected chi connectivity index (χ4v) is 2.65. The van der Waals surface area contributed by atoms with E-state index in [9.17, 15) is 0 Å². The van der Waals surface area contributed by atoms with Crippen molar-refractivity contribution in [1.29, 1.82) is 0 Å². The zero-order chi connectivity index (χ0) is 12.1. The zero-order valence-corrected chi connectivity index (χ0v) is 11.1. The van der Waals surface area contributed by atoms with Crippen LogP contribution in [0.5, 0.6) is 0 Å². The van der Waals surface area contributed by atoms with Crippen LogP contribution in [0.1, 0.15) is 38.7 Å². The number of para-hydroxylation sites is 1. The van der Waals surface area contributed by atoms with Gasteiger partial charge in [0.15, 0.2) is 0 Å². The zero-order valence-electron chi connectivity index (χ0n) is 11.1. The molecule has 0 saturated heterocycles. The van der Waals surface area contributed by atoms with E-state index in [2.05, 4.69) is 42.3 Å². The van der Waals surface area contributed by atoms with Crippen molar-refractivity contribution in [1.82, 2.24) is 0 Å². The van der Waals surface area contributed by atoms with Crippen LogP contribution in [0.2, 0.25) is 0 Å². The van der Waals surface area contributed by atoms with E-state index in [4.69, 9.17) is 0 Å². The Morgan fingerprint density at radius 2 is 1.94 bits per heavy atom. The van der Waals surface area contributed by atoms with Crippen LogP contribution in [0.25, 0.3) is 0 Å². The summed E-state index contributed by atoms with van der Waals surface area (Å²) in [5, 5.41) is 3.59. The summed E-state index contributed by atoms with van der Waals surface area (Å²) >= 11 is 0. The van der Waals surface area contributed by atoms with E-state index in [1.54, 1.807) is 0 Å². The predicted octanol–water partition coefficient (Wildman–Crippen LogP) is 3.67. The van der Waals surface area contributed by atoms with Gasteiger partial charge >= 0.3 is 0 Å². The molecule has 1 aliphatic rings. The Labute approximate surface area is 105 Å². The van der Waals surface area contributed by atoms with Crippen LogP contribution >= 0.6 is 0 Å². The summed E-state index contributed by atoms with van der Waals surface area (Å²) in [5.74, 6) is 0. The number of rotatable bonds is 5. The lowest BCUT2D eigenvalue weighted by Gasteiger charge is -2.30. The number of anilines is 2. The Bertz CT molecular complexity index is 354. The number of aryl methyl sites for hydroxylation is 1. The van der Waals surface area contributed by atoms with E-state index in [0.717, 1.165) is 19.6 Å². The highest BCUT2D eigenvalue weighted by molar-refractivity contribution is 5.74. The molecular weight excluding hydrogens is 208 g/mol. The first-order chi connectivity index (χ1) is 8.36. The third kappa shape index (κ3) is 2.74. The maximum atomic E-state index is 3.59. The predicted molar refractivity (Wildman–Crippen MR) is 76.0 cm³/mol. The molecule has 0 spiro atoms. The third-order valence-corrected chi connectivity index (χ3v) is 3.38. The van der Waals surface area contributed by atoms with E-state index in [-0.39, 0.29) is 0 Å². The minimum absolute atomic E-state index is 1.12. The van der Waals surface area contributed by atoms with Crippen molar-refractivity contribution in [3.8, 4) is 0 Å². The summed E-state index contributed by atoms with van der Waals surface area (Å²) in [7, 11) is 0. The third-order valence-electron chi connectivity index (χ3n) is 3.38. The Morgan fingerprint density at radius 3 is 2.65 bits per heavy atom. The molecule has 0 amide bonds. The molecule has 2 rings (SSSR count). The molecular formula is C15H24N2. The fourth-order valence-electron chi connectivity index (χ4n) is 2.65. The normalized spacial score (nSPS) is 14.0. The van der Waals surface area contributed by atoms with Crippen molar-refractivity contribution in [2.45, 2.75) is 39.5 Å². The first kappa shape index (κ1) is 12.3. The number of nitrogens with one attached hydrogen (secondary N) is 1. The average Bonchev–Trinajstić information content (AvgIpc) is 2.38. The maximum absolute atomic E-state index is 3.59. The SMILES string of the molecule is CCCN(CCC)c1cccc2c1NCCC2. The first-order valence-electron chi connectivity index (χ1n) is 6.97. The van der Waals surface area contributed by atoms with Crippen molar-refractivity contribution >= 4 is 11.4 Å². The largest absolute Gasteiger partial charge is 0.383 e. The van der Waals surface area contributed by atoms with Crippen molar-refractivity contribution in [2.75, 3.05) is 29.9 Å². The second-order valence-corrected chi connectivity index (χ2v) is 4.83. The quantitative estimate of drug-likeness (QED) is 0.833. The van der Waals surface area contributed by atoms with E-state index < -0.39 is 0 Å². The monoisotopic (exact) mass is 232 g/mol. The topological polar surface area (TPSA) is 15.3 Å². The van der Waals surface area contributed by atoms with Gasteiger partial charge in [0.1, 0.15) is 0 Å². The summed E-state index contributed by atoms with van der Waals surface area (Å²) in [6.45, 7) is 7.95. The molecule has 1 aromatic rings. The second kappa shape index (κ2) is 5.95. The van der Waals surface area contributed by atoms with Gasteiger partial charge in [-0.1, -0.05) is 26.0 Å². The van der Waals surface area contributed by atoms with Crippen LogP contribution < -0.4 is 10.2 Å². The van der Waals surface area contributed by atoms with Crippen LogP contribution in [0.15, 0.2) is 18.2 Å². The summed E-state index contributed by atoms with van der Waals surface area (Å²) in [5.41, 5.74) is 4.29. The van der Waals surface area contributed by atoms with Crippen molar-refractivity contribution in [2.24, 2.45) is 0 Å². The molecule has 1 N–H and O–H groups in total.